The van der Waals surface area contributed by atoms with Crippen LogP contribution in [0.1, 0.15) is 16.8 Å². The molecule has 5 rings (SSSR count). The lowest BCUT2D eigenvalue weighted by Gasteiger charge is -2.32. The number of carbonyl (C=O) groups excluding carboxylic acids is 1. The van der Waals surface area contributed by atoms with Gasteiger partial charge in [-0.15, -0.1) is 0 Å². The van der Waals surface area contributed by atoms with Gasteiger partial charge in [0.1, 0.15) is 6.10 Å². The molecule has 1 amide bonds. The number of hydrogen-bond acceptors (Lipinski definition) is 6. The van der Waals surface area contributed by atoms with Gasteiger partial charge < -0.3 is 4.84 Å². The van der Waals surface area contributed by atoms with Crippen LogP contribution in [0.25, 0.3) is 0 Å². The van der Waals surface area contributed by atoms with E-state index < -0.39 is 41.2 Å². The minimum Gasteiger partial charge on any atom is -0.387 e. The number of oxime groups is 1. The number of amides is 1. The predicted octanol–water partition coefficient (Wildman–Crippen LogP) is 0.0808. The van der Waals surface area contributed by atoms with Gasteiger partial charge in [-0.3, -0.25) is 24.0 Å². The highest BCUT2D eigenvalue weighted by Crippen LogP contribution is 2.45. The van der Waals surface area contributed by atoms with Gasteiger partial charge in [0.25, 0.3) is 11.5 Å². The molecular formula is C17H13FN4O5. The van der Waals surface area contributed by atoms with Crippen LogP contribution in [0.2, 0.25) is 0 Å². The Bertz CT molecular complexity index is 1080. The van der Waals surface area contributed by atoms with Crippen molar-refractivity contribution < 1.29 is 18.9 Å². The zero-order valence-electron chi connectivity index (χ0n) is 13.7. The van der Waals surface area contributed by atoms with Crippen molar-refractivity contribution in [1.82, 2.24) is 14.6 Å². The maximum atomic E-state index is 13.7. The number of H-pyrrole nitrogens is 1. The van der Waals surface area contributed by atoms with Gasteiger partial charge in [-0.25, -0.2) is 9.86 Å². The van der Waals surface area contributed by atoms with Crippen LogP contribution in [0, 0.1) is 11.7 Å². The van der Waals surface area contributed by atoms with E-state index in [2.05, 4.69) is 5.16 Å². The van der Waals surface area contributed by atoms with E-state index in [1.54, 1.807) is 30.3 Å². The molecule has 27 heavy (non-hydrogen) atoms. The summed E-state index contributed by atoms with van der Waals surface area (Å²) in [6, 6.07) is 8.23. The number of halogens is 1. The van der Waals surface area contributed by atoms with Gasteiger partial charge in [-0.1, -0.05) is 23.4 Å². The van der Waals surface area contributed by atoms with Gasteiger partial charge in [0.2, 0.25) is 5.82 Å². The average Bonchev–Trinajstić information content (AvgIpc) is 3.37. The second-order valence-electron chi connectivity index (χ2n) is 6.60. The fourth-order valence-electron chi connectivity index (χ4n) is 3.89. The van der Waals surface area contributed by atoms with E-state index in [0.29, 0.717) is 12.0 Å². The molecular weight excluding hydrogens is 359 g/mol. The molecule has 0 spiro atoms. The van der Waals surface area contributed by atoms with Crippen LogP contribution in [-0.2, 0) is 9.68 Å². The standard InChI is InChI=1S/C17H13FN4O5/c18-9-7-21(17(25)19-15(9)23)14-12-10-6-11(13(12)26-20-14)27-22(10)16(24)8-4-2-1-3-5-8/h1-5,7,10-13H,6H2,(H,19,23,25)/t10-,11+,12+,13-/m1/s1. The normalized spacial score (nSPS) is 28.0. The lowest BCUT2D eigenvalue weighted by atomic mass is 9.98. The SMILES string of the molecule is O=C(c1ccccc1)N1O[C@H]2C[C@@H]1[C@@H]1C(n3cc(F)c(=O)[nH]c3=O)=NO[C@@H]12. The number of hydrogen-bond donors (Lipinski definition) is 1. The minimum atomic E-state index is -1.11. The molecule has 1 aromatic carbocycles. The molecule has 1 aromatic heterocycles. The van der Waals surface area contributed by atoms with Crippen LogP contribution >= 0.6 is 0 Å². The number of nitrogens with one attached hydrogen (secondary N) is 1. The molecule has 1 N–H and O–H groups in total. The minimum absolute atomic E-state index is 0.141. The number of rotatable bonds is 1. The molecule has 4 atom stereocenters. The number of aromatic amines is 1. The van der Waals surface area contributed by atoms with Gasteiger partial charge in [0.05, 0.1) is 18.2 Å². The van der Waals surface area contributed by atoms with Gasteiger partial charge in [-0.05, 0) is 12.1 Å². The summed E-state index contributed by atoms with van der Waals surface area (Å²) in [5.74, 6) is -1.76. The smallest absolute Gasteiger partial charge is 0.334 e. The molecule has 10 heteroatoms. The zero-order chi connectivity index (χ0) is 18.7. The summed E-state index contributed by atoms with van der Waals surface area (Å²) >= 11 is 0. The van der Waals surface area contributed by atoms with E-state index in [1.165, 1.54) is 5.06 Å². The molecule has 0 radical (unpaired) electrons. The molecule has 2 fully saturated rings. The topological polar surface area (TPSA) is 106 Å². The van der Waals surface area contributed by atoms with Gasteiger partial charge in [-0.2, -0.15) is 4.39 Å². The van der Waals surface area contributed by atoms with Gasteiger partial charge in [0, 0.05) is 12.0 Å². The Morgan fingerprint density at radius 3 is 2.81 bits per heavy atom. The molecule has 3 aliphatic rings. The summed E-state index contributed by atoms with van der Waals surface area (Å²) in [5.41, 5.74) is -1.47. The highest BCUT2D eigenvalue weighted by molar-refractivity contribution is 5.95. The average molecular weight is 372 g/mol. The molecule has 9 nitrogen and oxygen atoms in total. The molecule has 2 bridgehead atoms. The first-order valence-corrected chi connectivity index (χ1v) is 8.35. The Morgan fingerprint density at radius 2 is 2.04 bits per heavy atom. The van der Waals surface area contributed by atoms with Crippen molar-refractivity contribution in [3.8, 4) is 0 Å². The first kappa shape index (κ1) is 15.9. The second kappa shape index (κ2) is 5.61. The van der Waals surface area contributed by atoms with Gasteiger partial charge in [0.15, 0.2) is 11.9 Å². The van der Waals surface area contributed by atoms with Crippen molar-refractivity contribution in [3.63, 3.8) is 0 Å². The summed E-state index contributed by atoms with van der Waals surface area (Å²) in [4.78, 5) is 49.2. The summed E-state index contributed by atoms with van der Waals surface area (Å²) in [6.07, 6.45) is 0.402. The lowest BCUT2D eigenvalue weighted by molar-refractivity contribution is -0.196. The first-order valence-electron chi connectivity index (χ1n) is 8.35. The Hall–Kier alpha value is -3.27. The van der Waals surface area contributed by atoms with Crippen LogP contribution in [-0.4, -0.2) is 44.6 Å². The summed E-state index contributed by atoms with van der Waals surface area (Å²) < 4.78 is 14.6. The third-order valence-corrected chi connectivity index (χ3v) is 5.09. The Morgan fingerprint density at radius 1 is 1.26 bits per heavy atom. The quantitative estimate of drug-likeness (QED) is 0.763. The molecule has 1 aliphatic carbocycles. The van der Waals surface area contributed by atoms with E-state index >= 15 is 0 Å². The van der Waals surface area contributed by atoms with E-state index in [1.807, 2.05) is 4.98 Å². The number of benzene rings is 1. The second-order valence-corrected chi connectivity index (χ2v) is 6.60. The van der Waals surface area contributed by atoms with Crippen LogP contribution in [0.15, 0.2) is 51.3 Å². The summed E-state index contributed by atoms with van der Waals surface area (Å²) in [5, 5.41) is 5.18. The first-order chi connectivity index (χ1) is 13.0. The van der Waals surface area contributed by atoms with Crippen LogP contribution in [0.5, 0.6) is 0 Å². The lowest BCUT2D eigenvalue weighted by Crippen LogP contribution is -2.51. The molecule has 138 valence electrons. The highest BCUT2D eigenvalue weighted by atomic mass is 19.1. The Balaban J connectivity index is 1.50. The number of fused-ring (bicyclic) bond motifs is 5. The van der Waals surface area contributed by atoms with Crippen molar-refractivity contribution in [1.29, 1.82) is 0 Å². The monoisotopic (exact) mass is 372 g/mol. The van der Waals surface area contributed by atoms with E-state index in [4.69, 9.17) is 9.68 Å². The third-order valence-electron chi connectivity index (χ3n) is 5.09. The van der Waals surface area contributed by atoms with E-state index in [0.717, 1.165) is 10.8 Å². The highest BCUT2D eigenvalue weighted by Gasteiger charge is 2.61. The number of aromatic nitrogens is 2. The van der Waals surface area contributed by atoms with Crippen molar-refractivity contribution in [2.45, 2.75) is 24.7 Å². The fraction of sp³-hybridized carbons (Fsp3) is 0.294. The Labute approximate surface area is 150 Å². The molecule has 1 saturated carbocycles. The van der Waals surface area contributed by atoms with Crippen LogP contribution in [0.4, 0.5) is 4.39 Å². The number of nitrogens with zero attached hydrogens (tertiary/aromatic N) is 3. The molecule has 3 heterocycles. The van der Waals surface area contributed by atoms with Crippen LogP contribution in [0.3, 0.4) is 0 Å². The summed E-state index contributed by atoms with van der Waals surface area (Å²) in [7, 11) is 0. The maximum Gasteiger partial charge on any atom is 0.334 e. The maximum absolute atomic E-state index is 13.7. The van der Waals surface area contributed by atoms with E-state index in [-0.39, 0.29) is 11.7 Å². The van der Waals surface area contributed by atoms with Crippen molar-refractivity contribution in [2.24, 2.45) is 11.1 Å². The molecule has 2 aliphatic heterocycles. The number of hydroxylamine groups is 2. The molecule has 2 aromatic rings. The van der Waals surface area contributed by atoms with Crippen molar-refractivity contribution >= 4 is 11.7 Å². The molecule has 1 saturated heterocycles. The van der Waals surface area contributed by atoms with E-state index in [9.17, 15) is 18.8 Å². The number of carbonyl (C=O) groups is 1. The van der Waals surface area contributed by atoms with Crippen molar-refractivity contribution in [2.75, 3.05) is 0 Å². The zero-order valence-corrected chi connectivity index (χ0v) is 13.7. The summed E-state index contributed by atoms with van der Waals surface area (Å²) in [6.45, 7) is 0. The molecule has 0 unspecified atom stereocenters. The Kier molecular flexibility index (Phi) is 3.31. The van der Waals surface area contributed by atoms with Crippen LogP contribution < -0.4 is 11.2 Å². The van der Waals surface area contributed by atoms with Gasteiger partial charge >= 0.3 is 5.69 Å². The van der Waals surface area contributed by atoms with Crippen molar-refractivity contribution in [3.05, 3.63) is 68.7 Å². The largest absolute Gasteiger partial charge is 0.387 e. The fourth-order valence-corrected chi connectivity index (χ4v) is 3.89. The third kappa shape index (κ3) is 2.26. The predicted molar refractivity (Wildman–Crippen MR) is 88.4 cm³/mol.